The van der Waals surface area contributed by atoms with Crippen molar-refractivity contribution in [3.8, 4) is 0 Å². The van der Waals surface area contributed by atoms with Crippen LogP contribution in [-0.2, 0) is 14.3 Å². The SMILES string of the molecule is COC(=O)C(C)CN(CCCNC(C)=O)C(=O)c1ccc(Br)o1. The van der Waals surface area contributed by atoms with Gasteiger partial charge in [-0.15, -0.1) is 0 Å². The number of hydrogen-bond acceptors (Lipinski definition) is 5. The monoisotopic (exact) mass is 388 g/mol. The van der Waals surface area contributed by atoms with E-state index in [0.717, 1.165) is 0 Å². The van der Waals surface area contributed by atoms with Gasteiger partial charge in [-0.05, 0) is 34.5 Å². The number of rotatable bonds is 8. The average molecular weight is 389 g/mol. The molecule has 1 N–H and O–H groups in total. The molecular weight excluding hydrogens is 368 g/mol. The smallest absolute Gasteiger partial charge is 0.310 e. The minimum absolute atomic E-state index is 0.124. The van der Waals surface area contributed by atoms with E-state index < -0.39 is 5.92 Å². The number of hydrogen-bond donors (Lipinski definition) is 1. The van der Waals surface area contributed by atoms with Crippen molar-refractivity contribution in [2.45, 2.75) is 20.3 Å². The van der Waals surface area contributed by atoms with Crippen LogP contribution in [0.4, 0.5) is 0 Å². The fraction of sp³-hybridized carbons (Fsp3) is 0.533. The molecular formula is C15H21BrN2O5. The Kier molecular flexibility index (Phi) is 7.80. The van der Waals surface area contributed by atoms with E-state index >= 15 is 0 Å². The number of carbonyl (C=O) groups excluding carboxylic acids is 3. The third-order valence-electron chi connectivity index (χ3n) is 3.15. The number of carbonyl (C=O) groups is 3. The van der Waals surface area contributed by atoms with Gasteiger partial charge in [0.2, 0.25) is 5.91 Å². The molecule has 0 radical (unpaired) electrons. The van der Waals surface area contributed by atoms with E-state index in [0.29, 0.717) is 24.2 Å². The Morgan fingerprint density at radius 2 is 2.09 bits per heavy atom. The van der Waals surface area contributed by atoms with E-state index in [1.807, 2.05) is 0 Å². The van der Waals surface area contributed by atoms with E-state index in [9.17, 15) is 14.4 Å². The van der Waals surface area contributed by atoms with Crippen molar-refractivity contribution in [1.29, 1.82) is 0 Å². The second-order valence-corrected chi connectivity index (χ2v) is 5.90. The zero-order valence-electron chi connectivity index (χ0n) is 13.4. The predicted molar refractivity (Wildman–Crippen MR) is 86.8 cm³/mol. The van der Waals surface area contributed by atoms with Crippen molar-refractivity contribution in [3.63, 3.8) is 0 Å². The van der Waals surface area contributed by atoms with Crippen LogP contribution in [0.1, 0.15) is 30.8 Å². The number of furan rings is 1. The summed E-state index contributed by atoms with van der Waals surface area (Å²) >= 11 is 3.16. The average Bonchev–Trinajstić information content (AvgIpc) is 2.94. The molecule has 1 rings (SSSR count). The summed E-state index contributed by atoms with van der Waals surface area (Å²) in [5.74, 6) is -1.09. The zero-order chi connectivity index (χ0) is 17.4. The molecule has 1 aromatic rings. The quantitative estimate of drug-likeness (QED) is 0.541. The highest BCUT2D eigenvalue weighted by Crippen LogP contribution is 2.17. The largest absolute Gasteiger partial charge is 0.469 e. The lowest BCUT2D eigenvalue weighted by molar-refractivity contribution is -0.145. The Morgan fingerprint density at radius 3 is 2.61 bits per heavy atom. The molecule has 23 heavy (non-hydrogen) atoms. The lowest BCUT2D eigenvalue weighted by Gasteiger charge is -2.24. The first-order valence-corrected chi connectivity index (χ1v) is 8.01. The van der Waals surface area contributed by atoms with Gasteiger partial charge in [0.1, 0.15) is 0 Å². The molecule has 0 spiro atoms. The van der Waals surface area contributed by atoms with Crippen molar-refractivity contribution in [2.24, 2.45) is 5.92 Å². The topological polar surface area (TPSA) is 88.9 Å². The minimum atomic E-state index is -0.455. The second kappa shape index (κ2) is 9.34. The van der Waals surface area contributed by atoms with Gasteiger partial charge in [0.15, 0.2) is 10.4 Å². The highest BCUT2D eigenvalue weighted by atomic mass is 79.9. The van der Waals surface area contributed by atoms with E-state index in [1.165, 1.54) is 18.9 Å². The normalized spacial score (nSPS) is 11.7. The van der Waals surface area contributed by atoms with Crippen LogP contribution in [0.2, 0.25) is 0 Å². The Balaban J connectivity index is 2.72. The third kappa shape index (κ3) is 6.43. The van der Waals surface area contributed by atoms with Crippen LogP contribution in [0.15, 0.2) is 21.2 Å². The summed E-state index contributed by atoms with van der Waals surface area (Å²) in [6.45, 7) is 4.18. The summed E-state index contributed by atoms with van der Waals surface area (Å²) in [6, 6.07) is 3.20. The first-order valence-electron chi connectivity index (χ1n) is 7.22. The first kappa shape index (κ1) is 19.2. The minimum Gasteiger partial charge on any atom is -0.469 e. The molecule has 1 aromatic heterocycles. The van der Waals surface area contributed by atoms with Crippen LogP contribution in [0.25, 0.3) is 0 Å². The summed E-state index contributed by atoms with van der Waals surface area (Å²) in [7, 11) is 1.31. The van der Waals surface area contributed by atoms with Crippen molar-refractivity contribution in [2.75, 3.05) is 26.7 Å². The summed E-state index contributed by atoms with van der Waals surface area (Å²) in [5.41, 5.74) is 0. The zero-order valence-corrected chi connectivity index (χ0v) is 15.0. The molecule has 1 heterocycles. The van der Waals surface area contributed by atoms with Crippen molar-refractivity contribution < 1.29 is 23.5 Å². The number of nitrogens with zero attached hydrogens (tertiary/aromatic N) is 1. The van der Waals surface area contributed by atoms with Gasteiger partial charge in [-0.3, -0.25) is 14.4 Å². The molecule has 7 nitrogen and oxygen atoms in total. The highest BCUT2D eigenvalue weighted by molar-refractivity contribution is 9.10. The van der Waals surface area contributed by atoms with Gasteiger partial charge in [-0.1, -0.05) is 6.92 Å². The Hall–Kier alpha value is -1.83. The molecule has 0 aliphatic carbocycles. The summed E-state index contributed by atoms with van der Waals surface area (Å²) < 4.78 is 10.4. The molecule has 0 aliphatic heterocycles. The Labute approximate surface area is 143 Å². The fourth-order valence-corrected chi connectivity index (χ4v) is 2.31. The lowest BCUT2D eigenvalue weighted by Crippen LogP contribution is -2.39. The van der Waals surface area contributed by atoms with Crippen LogP contribution in [0, 0.1) is 5.92 Å². The molecule has 0 saturated carbocycles. The van der Waals surface area contributed by atoms with Crippen molar-refractivity contribution in [1.82, 2.24) is 10.2 Å². The number of halogens is 1. The van der Waals surface area contributed by atoms with E-state index in [2.05, 4.69) is 21.2 Å². The molecule has 0 aliphatic rings. The number of esters is 1. The Bertz CT molecular complexity index is 558. The maximum Gasteiger partial charge on any atom is 0.310 e. The van der Waals surface area contributed by atoms with Crippen LogP contribution in [0.5, 0.6) is 0 Å². The van der Waals surface area contributed by atoms with Crippen molar-refractivity contribution in [3.05, 3.63) is 22.6 Å². The Morgan fingerprint density at radius 1 is 1.39 bits per heavy atom. The molecule has 128 valence electrons. The van der Waals surface area contributed by atoms with E-state index in [-0.39, 0.29) is 30.1 Å². The molecule has 8 heteroatoms. The third-order valence-corrected chi connectivity index (χ3v) is 3.57. The predicted octanol–water partition coefficient (Wildman–Crippen LogP) is 1.82. The standard InChI is InChI=1S/C15H21BrN2O5/c1-10(15(21)22-3)9-18(8-4-7-17-11(2)19)14(20)12-5-6-13(16)23-12/h5-6,10H,4,7-9H2,1-3H3,(H,17,19). The summed E-state index contributed by atoms with van der Waals surface area (Å²) in [5, 5.41) is 2.67. The number of methoxy groups -OCH3 is 1. The molecule has 0 saturated heterocycles. The molecule has 2 amide bonds. The van der Waals surface area contributed by atoms with Crippen LogP contribution in [0.3, 0.4) is 0 Å². The van der Waals surface area contributed by atoms with Gasteiger partial charge in [0.25, 0.3) is 5.91 Å². The van der Waals surface area contributed by atoms with Gasteiger partial charge in [0, 0.05) is 26.6 Å². The number of ether oxygens (including phenoxy) is 1. The summed E-state index contributed by atoms with van der Waals surface area (Å²) in [6.07, 6.45) is 0.571. The fourth-order valence-electron chi connectivity index (χ4n) is 2.00. The first-order chi connectivity index (χ1) is 10.8. The summed E-state index contributed by atoms with van der Waals surface area (Å²) in [4.78, 5) is 36.5. The maximum absolute atomic E-state index is 12.5. The highest BCUT2D eigenvalue weighted by Gasteiger charge is 2.24. The van der Waals surface area contributed by atoms with Crippen molar-refractivity contribution >= 4 is 33.7 Å². The van der Waals surface area contributed by atoms with Crippen LogP contribution in [-0.4, -0.2) is 49.4 Å². The van der Waals surface area contributed by atoms with Gasteiger partial charge < -0.3 is 19.4 Å². The van der Waals surface area contributed by atoms with Gasteiger partial charge in [0.05, 0.1) is 13.0 Å². The molecule has 0 aromatic carbocycles. The molecule has 1 atom stereocenters. The lowest BCUT2D eigenvalue weighted by atomic mass is 10.1. The van der Waals surface area contributed by atoms with Crippen LogP contribution < -0.4 is 5.32 Å². The van der Waals surface area contributed by atoms with Crippen LogP contribution >= 0.6 is 15.9 Å². The van der Waals surface area contributed by atoms with E-state index in [4.69, 9.17) is 9.15 Å². The molecule has 1 unspecified atom stereocenters. The molecule has 0 fully saturated rings. The maximum atomic E-state index is 12.5. The second-order valence-electron chi connectivity index (χ2n) is 5.12. The van der Waals surface area contributed by atoms with Gasteiger partial charge >= 0.3 is 5.97 Å². The van der Waals surface area contributed by atoms with Gasteiger partial charge in [-0.2, -0.15) is 0 Å². The molecule has 0 bridgehead atoms. The number of amides is 2. The van der Waals surface area contributed by atoms with Gasteiger partial charge in [-0.25, -0.2) is 0 Å². The number of nitrogens with one attached hydrogen (secondary N) is 1. The van der Waals surface area contributed by atoms with E-state index in [1.54, 1.807) is 19.1 Å².